The molecule has 1 heterocycles. The SMILES string of the molecule is CC(C)(C)NC(=O)CC1NCCCS1. The van der Waals surface area contributed by atoms with Gasteiger partial charge < -0.3 is 10.6 Å². The molecule has 2 N–H and O–H groups in total. The fraction of sp³-hybridized carbons (Fsp3) is 0.900. The molecule has 1 unspecified atom stereocenters. The Labute approximate surface area is 90.4 Å². The molecule has 0 aromatic heterocycles. The van der Waals surface area contributed by atoms with Crippen LogP contribution in [0.3, 0.4) is 0 Å². The number of rotatable bonds is 2. The molecule has 1 saturated heterocycles. The zero-order valence-electron chi connectivity index (χ0n) is 9.22. The highest BCUT2D eigenvalue weighted by molar-refractivity contribution is 7.99. The molecule has 1 aliphatic heterocycles. The first kappa shape index (κ1) is 11.9. The summed E-state index contributed by atoms with van der Waals surface area (Å²) in [7, 11) is 0. The molecule has 0 aromatic carbocycles. The van der Waals surface area contributed by atoms with Gasteiger partial charge >= 0.3 is 0 Å². The number of hydrogen-bond donors (Lipinski definition) is 2. The van der Waals surface area contributed by atoms with Gasteiger partial charge in [-0.25, -0.2) is 0 Å². The van der Waals surface area contributed by atoms with E-state index in [1.165, 1.54) is 12.2 Å². The Morgan fingerprint density at radius 1 is 1.57 bits per heavy atom. The average Bonchev–Trinajstić information content (AvgIpc) is 2.02. The summed E-state index contributed by atoms with van der Waals surface area (Å²) in [6.45, 7) is 7.06. The minimum atomic E-state index is -0.115. The largest absolute Gasteiger partial charge is 0.351 e. The van der Waals surface area contributed by atoms with E-state index < -0.39 is 0 Å². The van der Waals surface area contributed by atoms with E-state index in [0.29, 0.717) is 11.8 Å². The van der Waals surface area contributed by atoms with E-state index in [9.17, 15) is 4.79 Å². The van der Waals surface area contributed by atoms with Crippen molar-refractivity contribution in [2.75, 3.05) is 12.3 Å². The molecule has 0 aromatic rings. The first-order valence-corrected chi connectivity index (χ1v) is 6.18. The van der Waals surface area contributed by atoms with Gasteiger partial charge in [0.25, 0.3) is 0 Å². The molecule has 1 fully saturated rings. The van der Waals surface area contributed by atoms with Crippen molar-refractivity contribution >= 4 is 17.7 Å². The van der Waals surface area contributed by atoms with Gasteiger partial charge in [-0.1, -0.05) is 0 Å². The zero-order valence-corrected chi connectivity index (χ0v) is 10.0. The summed E-state index contributed by atoms with van der Waals surface area (Å²) in [5, 5.41) is 6.62. The molecule has 0 radical (unpaired) electrons. The molecule has 4 heteroatoms. The summed E-state index contributed by atoms with van der Waals surface area (Å²) >= 11 is 1.85. The molecule has 0 bridgehead atoms. The predicted octanol–water partition coefficient (Wildman–Crippen LogP) is 1.34. The second-order valence-corrected chi connectivity index (χ2v) is 5.98. The molecular weight excluding hydrogens is 196 g/mol. The van der Waals surface area contributed by atoms with E-state index in [1.807, 2.05) is 32.5 Å². The lowest BCUT2D eigenvalue weighted by Crippen LogP contribution is -2.44. The predicted molar refractivity (Wildman–Crippen MR) is 61.4 cm³/mol. The third-order valence-corrected chi connectivity index (χ3v) is 3.16. The van der Waals surface area contributed by atoms with Gasteiger partial charge in [0.15, 0.2) is 0 Å². The van der Waals surface area contributed by atoms with E-state index in [4.69, 9.17) is 0 Å². The summed E-state index contributed by atoms with van der Waals surface area (Å²) in [4.78, 5) is 11.6. The highest BCUT2D eigenvalue weighted by Gasteiger charge is 2.19. The van der Waals surface area contributed by atoms with Gasteiger partial charge in [-0.05, 0) is 39.5 Å². The molecule has 0 spiro atoms. The number of carbonyl (C=O) groups excluding carboxylic acids is 1. The Balaban J connectivity index is 2.25. The second-order valence-electron chi connectivity index (χ2n) is 4.67. The molecule has 1 rings (SSSR count). The van der Waals surface area contributed by atoms with E-state index in [-0.39, 0.29) is 11.4 Å². The van der Waals surface area contributed by atoms with Crippen LogP contribution in [0.15, 0.2) is 0 Å². The lowest BCUT2D eigenvalue weighted by atomic mass is 10.1. The fourth-order valence-corrected chi connectivity index (χ4v) is 2.49. The number of nitrogens with one attached hydrogen (secondary N) is 2. The van der Waals surface area contributed by atoms with E-state index in [2.05, 4.69) is 10.6 Å². The highest BCUT2D eigenvalue weighted by Crippen LogP contribution is 2.17. The lowest BCUT2D eigenvalue weighted by molar-refractivity contribution is -0.122. The summed E-state index contributed by atoms with van der Waals surface area (Å²) in [5.41, 5.74) is -0.115. The van der Waals surface area contributed by atoms with Crippen LogP contribution in [0.2, 0.25) is 0 Å². The molecular formula is C10H20N2OS. The number of carbonyl (C=O) groups is 1. The first-order chi connectivity index (χ1) is 6.47. The molecule has 14 heavy (non-hydrogen) atoms. The van der Waals surface area contributed by atoms with Crippen LogP contribution in [-0.4, -0.2) is 29.1 Å². The van der Waals surface area contributed by atoms with Gasteiger partial charge in [-0.2, -0.15) is 0 Å². The Kier molecular flexibility index (Phi) is 4.26. The number of amides is 1. The van der Waals surface area contributed by atoms with Gasteiger partial charge in [0.05, 0.1) is 11.8 Å². The molecule has 1 amide bonds. The van der Waals surface area contributed by atoms with Crippen molar-refractivity contribution in [2.24, 2.45) is 0 Å². The summed E-state index contributed by atoms with van der Waals surface area (Å²) in [6.07, 6.45) is 1.80. The Bertz CT molecular complexity index is 195. The van der Waals surface area contributed by atoms with Crippen LogP contribution in [0.25, 0.3) is 0 Å². The topological polar surface area (TPSA) is 41.1 Å². The van der Waals surface area contributed by atoms with E-state index >= 15 is 0 Å². The van der Waals surface area contributed by atoms with Crippen molar-refractivity contribution in [2.45, 2.75) is 44.5 Å². The summed E-state index contributed by atoms with van der Waals surface area (Å²) in [5.74, 6) is 1.31. The molecule has 0 saturated carbocycles. The third kappa shape index (κ3) is 4.86. The van der Waals surface area contributed by atoms with Crippen LogP contribution < -0.4 is 10.6 Å². The molecule has 1 aliphatic rings. The van der Waals surface area contributed by atoms with Gasteiger partial charge in [0.2, 0.25) is 5.91 Å². The van der Waals surface area contributed by atoms with E-state index in [1.54, 1.807) is 0 Å². The van der Waals surface area contributed by atoms with Gasteiger partial charge in [-0.3, -0.25) is 4.79 Å². The van der Waals surface area contributed by atoms with Crippen LogP contribution in [0.4, 0.5) is 0 Å². The third-order valence-electron chi connectivity index (χ3n) is 1.90. The van der Waals surface area contributed by atoms with Crippen molar-refractivity contribution in [1.29, 1.82) is 0 Å². The number of hydrogen-bond acceptors (Lipinski definition) is 3. The molecule has 82 valence electrons. The standard InChI is InChI=1S/C10H20N2OS/c1-10(2,3)12-8(13)7-9-11-5-4-6-14-9/h9,11H,4-7H2,1-3H3,(H,12,13). The van der Waals surface area contributed by atoms with Crippen LogP contribution in [-0.2, 0) is 4.79 Å². The van der Waals surface area contributed by atoms with Crippen LogP contribution in [0, 0.1) is 0 Å². The van der Waals surface area contributed by atoms with Crippen LogP contribution >= 0.6 is 11.8 Å². The van der Waals surface area contributed by atoms with Gasteiger partial charge in [-0.15, -0.1) is 11.8 Å². The lowest BCUT2D eigenvalue weighted by Gasteiger charge is -2.25. The summed E-state index contributed by atoms with van der Waals surface area (Å²) < 4.78 is 0. The quantitative estimate of drug-likeness (QED) is 0.732. The highest BCUT2D eigenvalue weighted by atomic mass is 32.2. The maximum Gasteiger partial charge on any atom is 0.222 e. The molecule has 1 atom stereocenters. The average molecular weight is 216 g/mol. The number of thioether (sulfide) groups is 1. The second kappa shape index (κ2) is 5.03. The minimum Gasteiger partial charge on any atom is -0.351 e. The summed E-state index contributed by atoms with van der Waals surface area (Å²) in [6, 6.07) is 0. The smallest absolute Gasteiger partial charge is 0.222 e. The monoisotopic (exact) mass is 216 g/mol. The minimum absolute atomic E-state index is 0.115. The van der Waals surface area contributed by atoms with Crippen molar-refractivity contribution < 1.29 is 4.79 Å². The normalized spacial score (nSPS) is 23.2. The maximum atomic E-state index is 11.6. The van der Waals surface area contributed by atoms with Crippen LogP contribution in [0.1, 0.15) is 33.6 Å². The fourth-order valence-electron chi connectivity index (χ4n) is 1.39. The maximum absolute atomic E-state index is 11.6. The first-order valence-electron chi connectivity index (χ1n) is 5.13. The van der Waals surface area contributed by atoms with Gasteiger partial charge in [0.1, 0.15) is 0 Å². The van der Waals surface area contributed by atoms with Crippen molar-refractivity contribution in [1.82, 2.24) is 10.6 Å². The Morgan fingerprint density at radius 2 is 2.29 bits per heavy atom. The van der Waals surface area contributed by atoms with Crippen LogP contribution in [0.5, 0.6) is 0 Å². The van der Waals surface area contributed by atoms with Crippen molar-refractivity contribution in [3.05, 3.63) is 0 Å². The zero-order chi connectivity index (χ0) is 10.6. The molecule has 3 nitrogen and oxygen atoms in total. The van der Waals surface area contributed by atoms with Crippen molar-refractivity contribution in [3.8, 4) is 0 Å². The Morgan fingerprint density at radius 3 is 2.79 bits per heavy atom. The molecule has 0 aliphatic carbocycles. The van der Waals surface area contributed by atoms with E-state index in [0.717, 1.165) is 6.54 Å². The van der Waals surface area contributed by atoms with Gasteiger partial charge in [0, 0.05) is 5.54 Å². The Hall–Kier alpha value is -0.220. The van der Waals surface area contributed by atoms with Crippen molar-refractivity contribution in [3.63, 3.8) is 0 Å².